The highest BCUT2D eigenvalue weighted by atomic mass is 35.5. The molecule has 0 fully saturated rings. The monoisotopic (exact) mass is 319 g/mol. The van der Waals surface area contributed by atoms with Crippen LogP contribution in [0.2, 0.25) is 5.02 Å². The Morgan fingerprint density at radius 1 is 1.29 bits per heavy atom. The number of thiophene rings is 1. The van der Waals surface area contributed by atoms with E-state index in [2.05, 4.69) is 21.4 Å². The fraction of sp³-hybridized carbons (Fsp3) is 0.200. The molecular formula is C15H14ClN3OS. The van der Waals surface area contributed by atoms with Crippen molar-refractivity contribution in [3.8, 4) is 0 Å². The van der Waals surface area contributed by atoms with Gasteiger partial charge in [-0.3, -0.25) is 0 Å². The van der Waals surface area contributed by atoms with Gasteiger partial charge in [0.25, 0.3) is 0 Å². The molecule has 4 nitrogen and oxygen atoms in total. The van der Waals surface area contributed by atoms with Crippen LogP contribution in [0.5, 0.6) is 0 Å². The highest BCUT2D eigenvalue weighted by Crippen LogP contribution is 2.29. The normalized spacial score (nSPS) is 12.5. The smallest absolute Gasteiger partial charge is 0.138 e. The molecule has 0 saturated heterocycles. The Kier molecular flexibility index (Phi) is 4.05. The predicted molar refractivity (Wildman–Crippen MR) is 87.1 cm³/mol. The summed E-state index contributed by atoms with van der Waals surface area (Å²) < 4.78 is 0. The number of aryl methyl sites for hydroxylation is 1. The molecule has 2 N–H and O–H groups in total. The fourth-order valence-corrected chi connectivity index (χ4v) is 3.16. The van der Waals surface area contributed by atoms with Crippen LogP contribution in [0.3, 0.4) is 0 Å². The van der Waals surface area contributed by atoms with E-state index in [0.29, 0.717) is 5.02 Å². The summed E-state index contributed by atoms with van der Waals surface area (Å²) in [5, 5.41) is 14.6. The fourth-order valence-electron chi connectivity index (χ4n) is 2.19. The van der Waals surface area contributed by atoms with Crippen molar-refractivity contribution in [3.05, 3.63) is 52.1 Å². The van der Waals surface area contributed by atoms with Crippen molar-refractivity contribution < 1.29 is 5.11 Å². The summed E-state index contributed by atoms with van der Waals surface area (Å²) in [7, 11) is 0. The number of benzene rings is 1. The average molecular weight is 320 g/mol. The van der Waals surface area contributed by atoms with Crippen LogP contribution in [0.15, 0.2) is 36.7 Å². The van der Waals surface area contributed by atoms with Crippen molar-refractivity contribution in [3.63, 3.8) is 0 Å². The van der Waals surface area contributed by atoms with Gasteiger partial charge >= 0.3 is 0 Å². The van der Waals surface area contributed by atoms with E-state index >= 15 is 0 Å². The Bertz CT molecular complexity index is 757. The van der Waals surface area contributed by atoms with Crippen LogP contribution in [0.1, 0.15) is 16.5 Å². The van der Waals surface area contributed by atoms with E-state index < -0.39 is 0 Å². The number of aliphatic hydroxyl groups is 1. The van der Waals surface area contributed by atoms with Crippen molar-refractivity contribution in [1.29, 1.82) is 0 Å². The molecule has 0 bridgehead atoms. The largest absolute Gasteiger partial charge is 0.394 e. The third-order valence-electron chi connectivity index (χ3n) is 3.22. The summed E-state index contributed by atoms with van der Waals surface area (Å²) in [6, 6.07) is 9.23. The van der Waals surface area contributed by atoms with Gasteiger partial charge in [0.15, 0.2) is 0 Å². The van der Waals surface area contributed by atoms with Crippen molar-refractivity contribution in [2.24, 2.45) is 0 Å². The van der Waals surface area contributed by atoms with Crippen LogP contribution in [0.4, 0.5) is 5.82 Å². The van der Waals surface area contributed by atoms with Gasteiger partial charge in [-0.1, -0.05) is 23.7 Å². The molecule has 0 radical (unpaired) electrons. The standard InChI is InChI=1S/C15H14ClN3OS/c1-9-6-12-14(17-8-18-15(12)21-9)19-13(7-20)10-2-4-11(16)5-3-10/h2-6,8,13,20H,7H2,1H3,(H,17,18,19). The first-order valence-corrected chi connectivity index (χ1v) is 7.71. The number of rotatable bonds is 4. The van der Waals surface area contributed by atoms with E-state index in [9.17, 15) is 5.11 Å². The molecule has 21 heavy (non-hydrogen) atoms. The highest BCUT2D eigenvalue weighted by Gasteiger charge is 2.14. The van der Waals surface area contributed by atoms with Gasteiger partial charge < -0.3 is 10.4 Å². The second-order valence-electron chi connectivity index (χ2n) is 4.73. The molecule has 6 heteroatoms. The highest BCUT2D eigenvalue weighted by molar-refractivity contribution is 7.18. The lowest BCUT2D eigenvalue weighted by molar-refractivity contribution is 0.276. The average Bonchev–Trinajstić information content (AvgIpc) is 2.87. The minimum atomic E-state index is -0.236. The van der Waals surface area contributed by atoms with Crippen LogP contribution in [-0.2, 0) is 0 Å². The number of anilines is 1. The third kappa shape index (κ3) is 3.00. The Hall–Kier alpha value is -1.69. The molecule has 0 amide bonds. The third-order valence-corrected chi connectivity index (χ3v) is 4.43. The summed E-state index contributed by atoms with van der Waals surface area (Å²) >= 11 is 7.53. The second kappa shape index (κ2) is 5.97. The summed E-state index contributed by atoms with van der Waals surface area (Å²) in [6.07, 6.45) is 1.54. The van der Waals surface area contributed by atoms with Crippen LogP contribution in [0.25, 0.3) is 10.2 Å². The van der Waals surface area contributed by atoms with Gasteiger partial charge in [0.2, 0.25) is 0 Å². The van der Waals surface area contributed by atoms with E-state index in [1.165, 1.54) is 11.2 Å². The molecule has 0 aliphatic rings. The molecule has 1 unspecified atom stereocenters. The first-order valence-electron chi connectivity index (χ1n) is 6.51. The summed E-state index contributed by atoms with van der Waals surface area (Å²) in [4.78, 5) is 10.7. The number of aliphatic hydroxyl groups excluding tert-OH is 1. The first kappa shape index (κ1) is 14.3. The lowest BCUT2D eigenvalue weighted by atomic mass is 10.1. The van der Waals surface area contributed by atoms with Gasteiger partial charge in [-0.25, -0.2) is 9.97 Å². The van der Waals surface area contributed by atoms with Crippen LogP contribution in [-0.4, -0.2) is 21.7 Å². The molecule has 1 atom stereocenters. The van der Waals surface area contributed by atoms with Crippen molar-refractivity contribution in [1.82, 2.24) is 9.97 Å². The minimum Gasteiger partial charge on any atom is -0.394 e. The zero-order valence-electron chi connectivity index (χ0n) is 11.4. The Morgan fingerprint density at radius 2 is 2.05 bits per heavy atom. The number of hydrogen-bond acceptors (Lipinski definition) is 5. The summed E-state index contributed by atoms with van der Waals surface area (Å²) in [5.41, 5.74) is 0.959. The number of fused-ring (bicyclic) bond motifs is 1. The Labute approximate surface area is 131 Å². The summed E-state index contributed by atoms with van der Waals surface area (Å²) in [6.45, 7) is 2.01. The molecule has 1 aromatic carbocycles. The molecule has 3 rings (SSSR count). The van der Waals surface area contributed by atoms with Gasteiger partial charge in [0, 0.05) is 9.90 Å². The lowest BCUT2D eigenvalue weighted by Crippen LogP contribution is -2.15. The molecule has 0 spiro atoms. The molecule has 0 saturated carbocycles. The number of nitrogens with zero attached hydrogens (tertiary/aromatic N) is 2. The predicted octanol–water partition coefficient (Wildman–Crippen LogP) is 3.80. The topological polar surface area (TPSA) is 58.0 Å². The van der Waals surface area contributed by atoms with Crippen LogP contribution < -0.4 is 5.32 Å². The minimum absolute atomic E-state index is 0.0315. The number of nitrogens with one attached hydrogen (secondary N) is 1. The molecular weight excluding hydrogens is 306 g/mol. The maximum atomic E-state index is 9.65. The maximum Gasteiger partial charge on any atom is 0.138 e. The van der Waals surface area contributed by atoms with Crippen molar-refractivity contribution >= 4 is 39.0 Å². The zero-order valence-corrected chi connectivity index (χ0v) is 12.9. The van der Waals surface area contributed by atoms with Crippen LogP contribution >= 0.6 is 22.9 Å². The van der Waals surface area contributed by atoms with E-state index in [-0.39, 0.29) is 12.6 Å². The van der Waals surface area contributed by atoms with Gasteiger partial charge in [-0.2, -0.15) is 0 Å². The van der Waals surface area contributed by atoms with E-state index in [4.69, 9.17) is 11.6 Å². The first-order chi connectivity index (χ1) is 10.2. The SMILES string of the molecule is Cc1cc2c(NC(CO)c3ccc(Cl)cc3)ncnc2s1. The maximum absolute atomic E-state index is 9.65. The van der Waals surface area contributed by atoms with Gasteiger partial charge in [-0.05, 0) is 30.7 Å². The molecule has 3 aromatic rings. The Morgan fingerprint density at radius 3 is 2.76 bits per heavy atom. The molecule has 2 aromatic heterocycles. The van der Waals surface area contributed by atoms with E-state index in [1.54, 1.807) is 11.3 Å². The van der Waals surface area contributed by atoms with Gasteiger partial charge in [0.05, 0.1) is 18.0 Å². The number of aromatic nitrogens is 2. The molecule has 0 aliphatic carbocycles. The van der Waals surface area contributed by atoms with Gasteiger partial charge in [-0.15, -0.1) is 11.3 Å². The van der Waals surface area contributed by atoms with Crippen LogP contribution in [0, 0.1) is 6.92 Å². The molecule has 0 aliphatic heterocycles. The summed E-state index contributed by atoms with van der Waals surface area (Å²) in [5.74, 6) is 0.735. The number of halogens is 1. The van der Waals surface area contributed by atoms with Gasteiger partial charge in [0.1, 0.15) is 17.0 Å². The van der Waals surface area contributed by atoms with Crippen molar-refractivity contribution in [2.45, 2.75) is 13.0 Å². The zero-order chi connectivity index (χ0) is 14.8. The quantitative estimate of drug-likeness (QED) is 0.768. The Balaban J connectivity index is 1.93. The second-order valence-corrected chi connectivity index (χ2v) is 6.40. The molecule has 108 valence electrons. The van der Waals surface area contributed by atoms with E-state index in [0.717, 1.165) is 21.6 Å². The lowest BCUT2D eigenvalue weighted by Gasteiger charge is -2.17. The molecule has 2 heterocycles. The number of hydrogen-bond donors (Lipinski definition) is 2. The van der Waals surface area contributed by atoms with Crippen molar-refractivity contribution in [2.75, 3.05) is 11.9 Å². The van der Waals surface area contributed by atoms with E-state index in [1.807, 2.05) is 31.2 Å².